The van der Waals surface area contributed by atoms with Crippen molar-refractivity contribution in [3.63, 3.8) is 0 Å². The van der Waals surface area contributed by atoms with Crippen molar-refractivity contribution in [1.82, 2.24) is 9.97 Å². The lowest BCUT2D eigenvalue weighted by atomic mass is 9.99. The molecule has 284 valence electrons. The Morgan fingerprint density at radius 3 is 1.09 bits per heavy atom. The van der Waals surface area contributed by atoms with Gasteiger partial charge in [0.15, 0.2) is 34.4 Å². The molecule has 0 radical (unpaired) electrons. The van der Waals surface area contributed by atoms with Crippen LogP contribution >= 0.6 is 0 Å². The highest BCUT2D eigenvalue weighted by molar-refractivity contribution is 6.17. The van der Waals surface area contributed by atoms with Crippen LogP contribution in [0.1, 0.15) is 52.9 Å². The summed E-state index contributed by atoms with van der Waals surface area (Å²) in [5, 5.41) is 21.8. The Hall–Kier alpha value is -7.68. The van der Waals surface area contributed by atoms with Gasteiger partial charge < -0.3 is 19.3 Å². The Bertz CT molecular complexity index is 2520. The van der Waals surface area contributed by atoms with Crippen LogP contribution in [0.4, 0.5) is 34.1 Å². The van der Waals surface area contributed by atoms with Gasteiger partial charge in [-0.15, -0.1) is 0 Å². The maximum absolute atomic E-state index is 9.92. The number of hydrogen-bond donors (Lipinski definition) is 0. The predicted octanol–water partition coefficient (Wildman–Crippen LogP) is 14.4. The summed E-state index contributed by atoms with van der Waals surface area (Å²) in [5.74, 6) is 2.98. The van der Waals surface area contributed by atoms with Gasteiger partial charge >= 0.3 is 0 Å². The summed E-state index contributed by atoms with van der Waals surface area (Å²) in [6, 6.07) is 44.5. The maximum Gasteiger partial charge on any atom is 0.177 e. The molecule has 2 aliphatic heterocycles. The third-order valence-corrected chi connectivity index (χ3v) is 9.68. The zero-order chi connectivity index (χ0) is 40.8. The van der Waals surface area contributed by atoms with Gasteiger partial charge in [-0.3, -0.25) is 0 Å². The highest BCUT2D eigenvalue weighted by Crippen LogP contribution is 2.56. The molecule has 0 atom stereocenters. The summed E-state index contributed by atoms with van der Waals surface area (Å²) in [5.41, 5.74) is 8.22. The van der Waals surface area contributed by atoms with Crippen LogP contribution in [0.2, 0.25) is 0 Å². The zero-order valence-corrected chi connectivity index (χ0v) is 33.4. The molecule has 8 heteroatoms. The van der Waals surface area contributed by atoms with Gasteiger partial charge in [-0.25, -0.2) is 9.97 Å². The fourth-order valence-corrected chi connectivity index (χ4v) is 7.05. The molecule has 58 heavy (non-hydrogen) atoms. The average molecular weight is 759 g/mol. The van der Waals surface area contributed by atoms with Crippen LogP contribution in [0, 0.1) is 22.7 Å². The molecular weight excluding hydrogens is 717 g/mol. The van der Waals surface area contributed by atoms with Gasteiger partial charge in [0.05, 0.1) is 34.1 Å². The van der Waals surface area contributed by atoms with E-state index < -0.39 is 0 Å². The van der Waals surface area contributed by atoms with Crippen molar-refractivity contribution in [3.8, 4) is 57.7 Å². The second kappa shape index (κ2) is 17.0. The van der Waals surface area contributed by atoms with Crippen LogP contribution < -0.4 is 19.3 Å². The van der Waals surface area contributed by atoms with E-state index in [0.29, 0.717) is 11.4 Å². The van der Waals surface area contributed by atoms with Crippen LogP contribution in [0.25, 0.3) is 33.3 Å². The number of fused-ring (bicyclic) bond motifs is 7. The molecule has 3 heterocycles. The van der Waals surface area contributed by atoms with E-state index in [-0.39, 0.29) is 11.4 Å². The second-order valence-electron chi connectivity index (χ2n) is 13.0. The van der Waals surface area contributed by atoms with Gasteiger partial charge in [-0.05, 0) is 106 Å². The Morgan fingerprint density at radius 2 is 0.793 bits per heavy atom. The molecule has 0 bridgehead atoms. The third kappa shape index (κ3) is 6.78. The SMILES string of the molecule is C/C=C\C.C/C=C\C.CC.N#Cc1nc2c(nc1C#N)-c1cc(N3c4ccccc4Oc4ccccc43)cc3cc(N4c5ccccc5Oc5ccccc54)cc-2c13. The summed E-state index contributed by atoms with van der Waals surface area (Å²) >= 11 is 0. The monoisotopic (exact) mass is 758 g/mol. The van der Waals surface area contributed by atoms with E-state index in [9.17, 15) is 10.5 Å². The minimum absolute atomic E-state index is 0.000861. The molecule has 0 unspecified atom stereocenters. The molecule has 0 amide bonds. The van der Waals surface area contributed by atoms with E-state index >= 15 is 0 Å². The Labute approximate surface area is 339 Å². The van der Waals surface area contributed by atoms with E-state index in [4.69, 9.17) is 19.4 Å². The maximum atomic E-state index is 9.92. The first-order valence-corrected chi connectivity index (χ1v) is 19.3. The molecule has 0 saturated heterocycles. The van der Waals surface area contributed by atoms with Crippen molar-refractivity contribution in [2.45, 2.75) is 41.5 Å². The molecule has 8 nitrogen and oxygen atoms in total. The number of rotatable bonds is 2. The van der Waals surface area contributed by atoms with Crippen molar-refractivity contribution in [2.75, 3.05) is 9.80 Å². The minimum Gasteiger partial charge on any atom is -0.453 e. The molecule has 0 fully saturated rings. The molecule has 1 aliphatic carbocycles. The van der Waals surface area contributed by atoms with Crippen LogP contribution in [0.15, 0.2) is 146 Å². The molecule has 10 rings (SSSR count). The van der Waals surface area contributed by atoms with Crippen LogP contribution in [-0.2, 0) is 0 Å². The first-order valence-electron chi connectivity index (χ1n) is 19.3. The van der Waals surface area contributed by atoms with Gasteiger partial charge in [0, 0.05) is 27.9 Å². The molecule has 7 aromatic rings. The summed E-state index contributed by atoms with van der Waals surface area (Å²) in [6.07, 6.45) is 8.00. The molecule has 0 N–H and O–H groups in total. The first-order chi connectivity index (χ1) is 28.5. The number of nitrogens with zero attached hydrogens (tertiary/aromatic N) is 6. The minimum atomic E-state index is 0.000861. The second-order valence-corrected chi connectivity index (χ2v) is 13.0. The van der Waals surface area contributed by atoms with Crippen molar-refractivity contribution >= 4 is 44.9 Å². The molecule has 0 spiro atoms. The summed E-state index contributed by atoms with van der Waals surface area (Å²) < 4.78 is 12.6. The van der Waals surface area contributed by atoms with Crippen LogP contribution in [-0.4, -0.2) is 9.97 Å². The topological polar surface area (TPSA) is 98.3 Å². The number of allylic oxidation sites excluding steroid dienone is 4. The van der Waals surface area contributed by atoms with Gasteiger partial charge in [0.1, 0.15) is 12.1 Å². The van der Waals surface area contributed by atoms with Crippen molar-refractivity contribution in [2.24, 2.45) is 0 Å². The number of ether oxygens (including phenoxy) is 2. The highest BCUT2D eigenvalue weighted by atomic mass is 16.5. The Kier molecular flexibility index (Phi) is 11.3. The summed E-state index contributed by atoms with van der Waals surface area (Å²) in [6.45, 7) is 12.0. The third-order valence-electron chi connectivity index (χ3n) is 9.68. The number of hydrogen-bond acceptors (Lipinski definition) is 8. The smallest absolute Gasteiger partial charge is 0.177 e. The summed E-state index contributed by atoms with van der Waals surface area (Å²) in [4.78, 5) is 13.9. The predicted molar refractivity (Wildman–Crippen MR) is 235 cm³/mol. The molecular formula is C50H42N6O2. The quantitative estimate of drug-likeness (QED) is 0.161. The van der Waals surface area contributed by atoms with Crippen LogP contribution in [0.3, 0.4) is 0 Å². The number of anilines is 6. The fourth-order valence-electron chi connectivity index (χ4n) is 7.05. The standard InChI is InChI=1S/C40H20N6O2.2C4H8.C2H6/c41-21-28-29(22-42)44-40-27-20-25(46-32-11-3-7-15-36(32)48-37-16-8-4-12-33(37)46)18-23-17-24(19-26(38(23)27)39(40)43-28)45-30-9-1-5-13-34(30)47-35-14-6-2-10-31(35)45;2*1-3-4-2;1-2/h1-20H;2*3-4H,1-2H3;1-2H3/b;2*4-3-;. The van der Waals surface area contributed by atoms with E-state index in [1.807, 2.05) is 163 Å². The highest BCUT2D eigenvalue weighted by Gasteiger charge is 2.33. The number of aromatic nitrogens is 2. The number of nitriles is 2. The van der Waals surface area contributed by atoms with Crippen molar-refractivity contribution in [3.05, 3.63) is 157 Å². The summed E-state index contributed by atoms with van der Waals surface area (Å²) in [7, 11) is 0. The molecule has 3 aliphatic rings. The lowest BCUT2D eigenvalue weighted by molar-refractivity contribution is 0.477. The Balaban J connectivity index is 0.000000466. The van der Waals surface area contributed by atoms with Gasteiger partial charge in [-0.1, -0.05) is 86.7 Å². The van der Waals surface area contributed by atoms with Crippen LogP contribution in [0.5, 0.6) is 23.0 Å². The molecule has 1 aromatic heterocycles. The van der Waals surface area contributed by atoms with E-state index in [2.05, 4.69) is 46.2 Å². The fraction of sp³-hybridized carbons (Fsp3) is 0.120. The van der Waals surface area contributed by atoms with Gasteiger partial charge in [0.2, 0.25) is 0 Å². The largest absolute Gasteiger partial charge is 0.453 e. The molecule has 0 saturated carbocycles. The average Bonchev–Trinajstić information content (AvgIpc) is 3.59. The van der Waals surface area contributed by atoms with Gasteiger partial charge in [-0.2, -0.15) is 10.5 Å². The van der Waals surface area contributed by atoms with Crippen molar-refractivity contribution < 1.29 is 9.47 Å². The number of para-hydroxylation sites is 8. The lowest BCUT2D eigenvalue weighted by Gasteiger charge is -2.34. The lowest BCUT2D eigenvalue weighted by Crippen LogP contribution is -2.16. The van der Waals surface area contributed by atoms with E-state index in [1.54, 1.807) is 0 Å². The number of benzene rings is 6. The first kappa shape index (κ1) is 38.6. The van der Waals surface area contributed by atoms with Crippen molar-refractivity contribution in [1.29, 1.82) is 10.5 Å². The van der Waals surface area contributed by atoms with Gasteiger partial charge in [0.25, 0.3) is 0 Å². The van der Waals surface area contributed by atoms with E-state index in [1.165, 1.54) is 0 Å². The van der Waals surface area contributed by atoms with E-state index in [0.717, 1.165) is 79.0 Å². The zero-order valence-electron chi connectivity index (χ0n) is 33.4. The molecule has 6 aromatic carbocycles. The Morgan fingerprint density at radius 1 is 0.483 bits per heavy atom. The normalized spacial score (nSPS) is 12.0.